The molecule has 0 bridgehead atoms. The van der Waals surface area contributed by atoms with Crippen LogP contribution in [0.3, 0.4) is 0 Å². The summed E-state index contributed by atoms with van der Waals surface area (Å²) in [5, 5.41) is 9.63. The molecule has 1 fully saturated rings. The second-order valence-corrected chi connectivity index (χ2v) is 8.49. The molecule has 0 unspecified atom stereocenters. The van der Waals surface area contributed by atoms with Gasteiger partial charge in [-0.25, -0.2) is 0 Å². The van der Waals surface area contributed by atoms with E-state index < -0.39 is 0 Å². The Morgan fingerprint density at radius 3 is 2.33 bits per heavy atom. The molecule has 1 amide bonds. The number of nitrogens with zero attached hydrogens (tertiary/aromatic N) is 5. The van der Waals surface area contributed by atoms with Crippen molar-refractivity contribution in [3.63, 3.8) is 0 Å². The van der Waals surface area contributed by atoms with Crippen molar-refractivity contribution in [2.75, 3.05) is 18.8 Å². The summed E-state index contributed by atoms with van der Waals surface area (Å²) in [6.07, 6.45) is 9.45. The number of hydrogen-bond acceptors (Lipinski definition) is 5. The highest BCUT2D eigenvalue weighted by atomic mass is 32.2. The van der Waals surface area contributed by atoms with E-state index in [9.17, 15) is 4.79 Å². The van der Waals surface area contributed by atoms with Crippen LogP contribution < -0.4 is 0 Å². The summed E-state index contributed by atoms with van der Waals surface area (Å²) in [6.45, 7) is 2.41. The maximum atomic E-state index is 12.8. The Balaban J connectivity index is 1.52. The van der Waals surface area contributed by atoms with Crippen molar-refractivity contribution in [1.29, 1.82) is 0 Å². The van der Waals surface area contributed by atoms with Crippen LogP contribution in [0, 0.1) is 0 Å². The van der Waals surface area contributed by atoms with E-state index in [1.165, 1.54) is 36.6 Å². The second kappa shape index (κ2) is 10.4. The summed E-state index contributed by atoms with van der Waals surface area (Å²) in [5.74, 6) is 1.38. The molecule has 1 saturated heterocycles. The highest BCUT2D eigenvalue weighted by Gasteiger charge is 2.19. The van der Waals surface area contributed by atoms with Crippen molar-refractivity contribution in [2.45, 2.75) is 43.8 Å². The van der Waals surface area contributed by atoms with Crippen LogP contribution in [0.2, 0.25) is 0 Å². The molecule has 3 aromatic rings. The standard InChI is InChI=1S/C23H27N5OS/c29-21(27-15-7-2-1-3-8-16-27)18-30-23-26-25-22(20-11-13-24-14-12-20)28(23)17-19-9-5-4-6-10-19/h4-6,9-14H,1-3,7-8,15-18H2. The van der Waals surface area contributed by atoms with Crippen LogP contribution >= 0.6 is 11.8 Å². The molecular formula is C23H27N5OS. The molecular weight excluding hydrogens is 394 g/mol. The molecule has 7 heteroatoms. The maximum absolute atomic E-state index is 12.8. The lowest BCUT2D eigenvalue weighted by molar-refractivity contribution is -0.128. The van der Waals surface area contributed by atoms with Crippen LogP contribution in [0.25, 0.3) is 11.4 Å². The second-order valence-electron chi connectivity index (χ2n) is 7.55. The fourth-order valence-corrected chi connectivity index (χ4v) is 4.57. The van der Waals surface area contributed by atoms with Gasteiger partial charge in [-0.15, -0.1) is 10.2 Å². The van der Waals surface area contributed by atoms with Gasteiger partial charge in [-0.3, -0.25) is 14.3 Å². The Morgan fingerprint density at radius 2 is 1.60 bits per heavy atom. The SMILES string of the molecule is O=C(CSc1nnc(-c2ccncc2)n1Cc1ccccc1)N1CCCCCCC1. The highest BCUT2D eigenvalue weighted by Crippen LogP contribution is 2.25. The average molecular weight is 422 g/mol. The highest BCUT2D eigenvalue weighted by molar-refractivity contribution is 7.99. The number of aromatic nitrogens is 4. The van der Waals surface area contributed by atoms with E-state index >= 15 is 0 Å². The third kappa shape index (κ3) is 5.27. The normalized spacial score (nSPS) is 14.9. The maximum Gasteiger partial charge on any atom is 0.233 e. The van der Waals surface area contributed by atoms with Crippen molar-refractivity contribution < 1.29 is 4.79 Å². The zero-order valence-corrected chi connectivity index (χ0v) is 17.9. The molecule has 0 saturated carbocycles. The molecule has 0 atom stereocenters. The first-order chi connectivity index (χ1) is 14.8. The summed E-state index contributed by atoms with van der Waals surface area (Å²) >= 11 is 1.48. The predicted molar refractivity (Wildman–Crippen MR) is 119 cm³/mol. The van der Waals surface area contributed by atoms with E-state index in [0.29, 0.717) is 12.3 Å². The monoisotopic (exact) mass is 421 g/mol. The van der Waals surface area contributed by atoms with E-state index in [2.05, 4.69) is 31.9 Å². The number of carbonyl (C=O) groups excluding carboxylic acids is 1. The van der Waals surface area contributed by atoms with Gasteiger partial charge in [0.25, 0.3) is 0 Å². The van der Waals surface area contributed by atoms with Crippen molar-refractivity contribution in [3.05, 3.63) is 60.4 Å². The van der Waals surface area contributed by atoms with Gasteiger partial charge in [0.2, 0.25) is 5.91 Å². The van der Waals surface area contributed by atoms with Gasteiger partial charge in [0, 0.05) is 31.0 Å². The lowest BCUT2D eigenvalue weighted by atomic mass is 10.1. The van der Waals surface area contributed by atoms with Crippen LogP contribution in [0.15, 0.2) is 60.0 Å². The molecule has 1 aromatic carbocycles. The number of likely N-dealkylation sites (tertiary alicyclic amines) is 1. The first-order valence-electron chi connectivity index (χ1n) is 10.6. The number of thioether (sulfide) groups is 1. The fraction of sp³-hybridized carbons (Fsp3) is 0.391. The fourth-order valence-electron chi connectivity index (χ4n) is 3.73. The van der Waals surface area contributed by atoms with Gasteiger partial charge in [0.05, 0.1) is 12.3 Å². The Bertz CT molecular complexity index is 937. The number of benzene rings is 1. The third-order valence-electron chi connectivity index (χ3n) is 5.37. The summed E-state index contributed by atoms with van der Waals surface area (Å²) in [7, 11) is 0. The molecule has 4 rings (SSSR count). The van der Waals surface area contributed by atoms with Gasteiger partial charge in [-0.1, -0.05) is 61.4 Å². The number of hydrogen-bond donors (Lipinski definition) is 0. The molecule has 156 valence electrons. The minimum Gasteiger partial charge on any atom is -0.342 e. The van der Waals surface area contributed by atoms with Crippen LogP contribution in [0.5, 0.6) is 0 Å². The summed E-state index contributed by atoms with van der Waals surface area (Å²) < 4.78 is 2.09. The van der Waals surface area contributed by atoms with E-state index in [1.807, 2.05) is 35.2 Å². The van der Waals surface area contributed by atoms with Gasteiger partial charge in [0.15, 0.2) is 11.0 Å². The zero-order chi connectivity index (χ0) is 20.6. The van der Waals surface area contributed by atoms with Crippen molar-refractivity contribution in [1.82, 2.24) is 24.6 Å². The first-order valence-corrected chi connectivity index (χ1v) is 11.6. The van der Waals surface area contributed by atoms with Gasteiger partial charge in [-0.05, 0) is 30.5 Å². The van der Waals surface area contributed by atoms with Crippen molar-refractivity contribution in [2.24, 2.45) is 0 Å². The number of rotatable bonds is 6. The molecule has 0 N–H and O–H groups in total. The molecule has 0 radical (unpaired) electrons. The molecule has 2 aromatic heterocycles. The lowest BCUT2D eigenvalue weighted by Crippen LogP contribution is -2.35. The topological polar surface area (TPSA) is 63.9 Å². The Morgan fingerprint density at radius 1 is 0.900 bits per heavy atom. The van der Waals surface area contributed by atoms with E-state index in [4.69, 9.17) is 0 Å². The smallest absolute Gasteiger partial charge is 0.233 e. The van der Waals surface area contributed by atoms with E-state index in [0.717, 1.165) is 42.5 Å². The summed E-state index contributed by atoms with van der Waals surface area (Å²) in [6, 6.07) is 14.1. The van der Waals surface area contributed by atoms with Gasteiger partial charge < -0.3 is 4.90 Å². The lowest BCUT2D eigenvalue weighted by Gasteiger charge is -2.24. The average Bonchev–Trinajstić information content (AvgIpc) is 3.15. The number of carbonyl (C=O) groups is 1. The summed E-state index contributed by atoms with van der Waals surface area (Å²) in [5.41, 5.74) is 2.14. The zero-order valence-electron chi connectivity index (χ0n) is 17.1. The third-order valence-corrected chi connectivity index (χ3v) is 6.32. The molecule has 30 heavy (non-hydrogen) atoms. The van der Waals surface area contributed by atoms with Gasteiger partial charge >= 0.3 is 0 Å². The Labute approximate surface area is 181 Å². The van der Waals surface area contributed by atoms with Crippen molar-refractivity contribution >= 4 is 17.7 Å². The first kappa shape index (κ1) is 20.6. The Hall–Kier alpha value is -2.67. The minimum atomic E-state index is 0.196. The number of amides is 1. The quantitative estimate of drug-likeness (QED) is 0.556. The Kier molecular flexibility index (Phi) is 7.13. The van der Waals surface area contributed by atoms with Crippen molar-refractivity contribution in [3.8, 4) is 11.4 Å². The molecule has 1 aliphatic rings. The van der Waals surface area contributed by atoms with E-state index in [1.54, 1.807) is 12.4 Å². The van der Waals surface area contributed by atoms with Crippen LogP contribution in [0.4, 0.5) is 0 Å². The van der Waals surface area contributed by atoms with Crippen LogP contribution in [-0.2, 0) is 11.3 Å². The van der Waals surface area contributed by atoms with Gasteiger partial charge in [0.1, 0.15) is 0 Å². The largest absolute Gasteiger partial charge is 0.342 e. The van der Waals surface area contributed by atoms with E-state index in [-0.39, 0.29) is 5.91 Å². The molecule has 0 spiro atoms. The predicted octanol–water partition coefficient (Wildman–Crippen LogP) is 4.27. The molecule has 1 aliphatic heterocycles. The molecule has 0 aliphatic carbocycles. The number of pyridine rings is 1. The van der Waals surface area contributed by atoms with Crippen LogP contribution in [-0.4, -0.2) is 49.4 Å². The van der Waals surface area contributed by atoms with Gasteiger partial charge in [-0.2, -0.15) is 0 Å². The van der Waals surface area contributed by atoms with Crippen LogP contribution in [0.1, 0.15) is 37.7 Å². The summed E-state index contributed by atoms with van der Waals surface area (Å²) in [4.78, 5) is 18.9. The minimum absolute atomic E-state index is 0.196. The molecule has 3 heterocycles. The molecule has 6 nitrogen and oxygen atoms in total.